The van der Waals surface area contributed by atoms with Gasteiger partial charge >= 0.3 is 0 Å². The lowest BCUT2D eigenvalue weighted by Crippen LogP contribution is -2.62. The van der Waals surface area contributed by atoms with Gasteiger partial charge in [-0.1, -0.05) is 0 Å². The molecular weight excluding hydrogens is 266 g/mol. The molecule has 0 radical (unpaired) electrons. The highest BCUT2D eigenvalue weighted by Gasteiger charge is 2.40. The monoisotopic (exact) mass is 291 g/mol. The summed E-state index contributed by atoms with van der Waals surface area (Å²) < 4.78 is 10.8. The maximum atomic E-state index is 5.56. The maximum absolute atomic E-state index is 5.56. The number of rotatable bonds is 3. The maximum Gasteiger partial charge on any atom is 0.213 e. The first-order chi connectivity index (χ1) is 10.2. The van der Waals surface area contributed by atoms with Gasteiger partial charge in [-0.2, -0.15) is 0 Å². The predicted octanol–water partition coefficient (Wildman–Crippen LogP) is 1.39. The second-order valence-corrected chi connectivity index (χ2v) is 6.18. The van der Waals surface area contributed by atoms with Crippen molar-refractivity contribution in [3.8, 4) is 5.88 Å². The minimum atomic E-state index is 0.299. The summed E-state index contributed by atoms with van der Waals surface area (Å²) in [5.41, 5.74) is 1.57. The Morgan fingerprint density at radius 1 is 1.33 bits per heavy atom. The number of hydrogen-bond donors (Lipinski definition) is 0. The van der Waals surface area contributed by atoms with E-state index in [9.17, 15) is 0 Å². The molecule has 0 bridgehead atoms. The average Bonchev–Trinajstić information content (AvgIpc) is 2.52. The Labute approximate surface area is 126 Å². The zero-order chi connectivity index (χ0) is 14.7. The first kappa shape index (κ1) is 14.8. The largest absolute Gasteiger partial charge is 0.481 e. The minimum absolute atomic E-state index is 0.299. The van der Waals surface area contributed by atoms with Crippen LogP contribution in [0.5, 0.6) is 5.88 Å². The Morgan fingerprint density at radius 2 is 2.14 bits per heavy atom. The number of aromatic nitrogens is 1. The van der Waals surface area contributed by atoms with Crippen LogP contribution in [0.15, 0.2) is 18.3 Å². The highest BCUT2D eigenvalue weighted by atomic mass is 16.5. The highest BCUT2D eigenvalue weighted by molar-refractivity contribution is 5.20. The van der Waals surface area contributed by atoms with Crippen LogP contribution in [0, 0.1) is 0 Å². The summed E-state index contributed by atoms with van der Waals surface area (Å²) >= 11 is 0. The molecule has 5 nitrogen and oxygen atoms in total. The summed E-state index contributed by atoms with van der Waals surface area (Å²) in [5.74, 6) is 0.697. The molecule has 0 amide bonds. The Hall–Kier alpha value is -1.17. The van der Waals surface area contributed by atoms with Gasteiger partial charge in [-0.25, -0.2) is 4.98 Å². The first-order valence-corrected chi connectivity index (χ1v) is 7.72. The number of likely N-dealkylation sites (N-methyl/N-ethyl adjacent to an activating group) is 1. The Bertz CT molecular complexity index is 474. The van der Waals surface area contributed by atoms with Crippen LogP contribution in [0.25, 0.3) is 0 Å². The quantitative estimate of drug-likeness (QED) is 0.841. The van der Waals surface area contributed by atoms with Crippen molar-refractivity contribution < 1.29 is 9.47 Å². The van der Waals surface area contributed by atoms with Crippen molar-refractivity contribution in [1.82, 2.24) is 14.8 Å². The third-order valence-corrected chi connectivity index (χ3v) is 4.92. The van der Waals surface area contributed by atoms with Gasteiger partial charge in [0.15, 0.2) is 0 Å². The van der Waals surface area contributed by atoms with Gasteiger partial charge in [0.2, 0.25) is 5.88 Å². The SMILES string of the molecule is COc1cc(CN2CCN(C)C3(CCOCC3)C2)ccn1. The van der Waals surface area contributed by atoms with E-state index in [4.69, 9.17) is 9.47 Å². The lowest BCUT2D eigenvalue weighted by atomic mass is 9.86. The van der Waals surface area contributed by atoms with Crippen molar-refractivity contribution in [2.24, 2.45) is 0 Å². The van der Waals surface area contributed by atoms with Crippen LogP contribution in [-0.2, 0) is 11.3 Å². The van der Waals surface area contributed by atoms with Crippen LogP contribution in [0.1, 0.15) is 18.4 Å². The molecule has 1 aromatic heterocycles. The molecule has 3 heterocycles. The molecular formula is C16H25N3O2. The van der Waals surface area contributed by atoms with Crippen molar-refractivity contribution in [3.05, 3.63) is 23.9 Å². The van der Waals surface area contributed by atoms with Crippen LogP contribution in [0.2, 0.25) is 0 Å². The molecule has 0 aliphatic carbocycles. The molecule has 2 saturated heterocycles. The van der Waals surface area contributed by atoms with Crippen molar-refractivity contribution in [2.75, 3.05) is 47.0 Å². The normalized spacial score (nSPS) is 23.3. The van der Waals surface area contributed by atoms with E-state index >= 15 is 0 Å². The van der Waals surface area contributed by atoms with E-state index < -0.39 is 0 Å². The smallest absolute Gasteiger partial charge is 0.213 e. The van der Waals surface area contributed by atoms with E-state index in [1.165, 1.54) is 5.56 Å². The van der Waals surface area contributed by atoms with E-state index in [0.29, 0.717) is 11.4 Å². The molecule has 116 valence electrons. The lowest BCUT2D eigenvalue weighted by molar-refractivity contribution is -0.0625. The summed E-state index contributed by atoms with van der Waals surface area (Å²) in [6.07, 6.45) is 4.10. The van der Waals surface area contributed by atoms with Gasteiger partial charge in [-0.3, -0.25) is 9.80 Å². The number of pyridine rings is 1. The van der Waals surface area contributed by atoms with Crippen molar-refractivity contribution in [1.29, 1.82) is 0 Å². The molecule has 0 saturated carbocycles. The number of ether oxygens (including phenoxy) is 2. The zero-order valence-electron chi connectivity index (χ0n) is 13.0. The topological polar surface area (TPSA) is 37.8 Å². The van der Waals surface area contributed by atoms with Gasteiger partial charge in [0.1, 0.15) is 0 Å². The van der Waals surface area contributed by atoms with Crippen LogP contribution in [0.4, 0.5) is 0 Å². The molecule has 21 heavy (non-hydrogen) atoms. The summed E-state index contributed by atoms with van der Waals surface area (Å²) in [6.45, 7) is 6.11. The molecule has 0 aromatic carbocycles. The standard InChI is InChI=1S/C16H25N3O2/c1-18-7-8-19(13-16(18)4-9-21-10-5-16)12-14-3-6-17-15(11-14)20-2/h3,6,11H,4-5,7-10,12-13H2,1-2H3. The molecule has 1 spiro atoms. The van der Waals surface area contributed by atoms with E-state index in [2.05, 4.69) is 27.9 Å². The molecule has 2 fully saturated rings. The lowest BCUT2D eigenvalue weighted by Gasteiger charge is -2.51. The highest BCUT2D eigenvalue weighted by Crippen LogP contribution is 2.31. The van der Waals surface area contributed by atoms with Crippen LogP contribution in [0.3, 0.4) is 0 Å². The summed E-state index contributed by atoms with van der Waals surface area (Å²) in [4.78, 5) is 9.28. The third kappa shape index (κ3) is 3.20. The third-order valence-electron chi connectivity index (χ3n) is 4.92. The number of methoxy groups -OCH3 is 1. The zero-order valence-corrected chi connectivity index (χ0v) is 13.0. The van der Waals surface area contributed by atoms with Gasteiger partial charge in [-0.15, -0.1) is 0 Å². The van der Waals surface area contributed by atoms with Crippen molar-refractivity contribution in [2.45, 2.75) is 24.9 Å². The molecule has 2 aliphatic rings. The minimum Gasteiger partial charge on any atom is -0.481 e. The Morgan fingerprint density at radius 3 is 2.90 bits per heavy atom. The fourth-order valence-electron chi connectivity index (χ4n) is 3.49. The number of hydrogen-bond acceptors (Lipinski definition) is 5. The van der Waals surface area contributed by atoms with Crippen LogP contribution in [-0.4, -0.2) is 67.3 Å². The van der Waals surface area contributed by atoms with Gasteiger partial charge in [0.25, 0.3) is 0 Å². The first-order valence-electron chi connectivity index (χ1n) is 7.72. The molecule has 0 atom stereocenters. The van der Waals surface area contributed by atoms with E-state index in [1.807, 2.05) is 12.3 Å². The Balaban J connectivity index is 1.68. The molecule has 0 N–H and O–H groups in total. The van der Waals surface area contributed by atoms with Gasteiger partial charge in [0, 0.05) is 57.2 Å². The van der Waals surface area contributed by atoms with Gasteiger partial charge in [0.05, 0.1) is 7.11 Å². The molecule has 0 unspecified atom stereocenters. The van der Waals surface area contributed by atoms with Gasteiger partial charge < -0.3 is 9.47 Å². The summed E-state index contributed by atoms with van der Waals surface area (Å²) in [6, 6.07) is 4.12. The van der Waals surface area contributed by atoms with E-state index in [0.717, 1.165) is 52.2 Å². The molecule has 2 aliphatic heterocycles. The van der Waals surface area contributed by atoms with Crippen LogP contribution >= 0.6 is 0 Å². The predicted molar refractivity (Wildman–Crippen MR) is 81.5 cm³/mol. The average molecular weight is 291 g/mol. The number of nitrogens with zero attached hydrogens (tertiary/aromatic N) is 3. The van der Waals surface area contributed by atoms with Crippen LogP contribution < -0.4 is 4.74 Å². The summed E-state index contributed by atoms with van der Waals surface area (Å²) in [5, 5.41) is 0. The molecule has 1 aromatic rings. The Kier molecular flexibility index (Phi) is 4.42. The van der Waals surface area contributed by atoms with Gasteiger partial charge in [-0.05, 0) is 31.5 Å². The van der Waals surface area contributed by atoms with Crippen molar-refractivity contribution >= 4 is 0 Å². The fraction of sp³-hybridized carbons (Fsp3) is 0.688. The van der Waals surface area contributed by atoms with Crippen molar-refractivity contribution in [3.63, 3.8) is 0 Å². The number of piperazine rings is 1. The summed E-state index contributed by atoms with van der Waals surface area (Å²) in [7, 11) is 3.93. The van der Waals surface area contributed by atoms with E-state index in [-0.39, 0.29) is 0 Å². The fourth-order valence-corrected chi connectivity index (χ4v) is 3.49. The second kappa shape index (κ2) is 6.30. The second-order valence-electron chi connectivity index (χ2n) is 6.18. The molecule has 5 heteroatoms. The molecule has 3 rings (SSSR count). The van der Waals surface area contributed by atoms with E-state index in [1.54, 1.807) is 7.11 Å².